The largest absolute Gasteiger partial charge is 0.352 e. The van der Waals surface area contributed by atoms with Crippen LogP contribution in [0.2, 0.25) is 0 Å². The molecular formula is C18H17N5O. The van der Waals surface area contributed by atoms with Gasteiger partial charge in [0.25, 0.3) is 5.91 Å². The van der Waals surface area contributed by atoms with Crippen molar-refractivity contribution < 1.29 is 4.79 Å². The molecule has 0 saturated carbocycles. The van der Waals surface area contributed by atoms with Gasteiger partial charge in [-0.3, -0.25) is 14.8 Å². The van der Waals surface area contributed by atoms with E-state index in [1.165, 1.54) is 0 Å². The Hall–Kier alpha value is -3.02. The molecular weight excluding hydrogens is 302 g/mol. The van der Waals surface area contributed by atoms with E-state index in [0.29, 0.717) is 18.7 Å². The molecule has 1 fully saturated rings. The standard InChI is InChI=1S/C18H17N5O/c24-18(14-4-3-7-19-12-14)23-10-8-22(9-11-23)17-13-20-15-5-1-2-6-16(15)21-17/h1-7,12-13H,8-11H2. The fraction of sp³-hybridized carbons (Fsp3) is 0.222. The van der Waals surface area contributed by atoms with Crippen molar-refractivity contribution in [2.45, 2.75) is 0 Å². The van der Waals surface area contributed by atoms with Crippen molar-refractivity contribution in [1.29, 1.82) is 0 Å². The van der Waals surface area contributed by atoms with Gasteiger partial charge in [0, 0.05) is 38.6 Å². The van der Waals surface area contributed by atoms with Crippen LogP contribution >= 0.6 is 0 Å². The zero-order valence-electron chi connectivity index (χ0n) is 13.2. The van der Waals surface area contributed by atoms with Gasteiger partial charge in [-0.1, -0.05) is 12.1 Å². The number of pyridine rings is 1. The lowest BCUT2D eigenvalue weighted by atomic mass is 10.2. The summed E-state index contributed by atoms with van der Waals surface area (Å²) in [5.74, 6) is 0.898. The smallest absolute Gasteiger partial charge is 0.255 e. The zero-order chi connectivity index (χ0) is 16.4. The van der Waals surface area contributed by atoms with Gasteiger partial charge >= 0.3 is 0 Å². The number of carbonyl (C=O) groups is 1. The lowest BCUT2D eigenvalue weighted by molar-refractivity contribution is 0.0746. The van der Waals surface area contributed by atoms with Crippen molar-refractivity contribution >= 4 is 22.8 Å². The highest BCUT2D eigenvalue weighted by atomic mass is 16.2. The molecule has 0 N–H and O–H groups in total. The molecule has 6 nitrogen and oxygen atoms in total. The number of rotatable bonds is 2. The number of fused-ring (bicyclic) bond motifs is 1. The normalized spacial score (nSPS) is 14.8. The Morgan fingerprint density at radius 1 is 0.917 bits per heavy atom. The number of amides is 1. The number of nitrogens with zero attached hydrogens (tertiary/aromatic N) is 5. The van der Waals surface area contributed by atoms with Crippen molar-refractivity contribution in [3.63, 3.8) is 0 Å². The van der Waals surface area contributed by atoms with Crippen LogP contribution in [-0.2, 0) is 0 Å². The van der Waals surface area contributed by atoms with Gasteiger partial charge in [-0.15, -0.1) is 0 Å². The minimum atomic E-state index is 0.0346. The van der Waals surface area contributed by atoms with E-state index in [2.05, 4.69) is 19.9 Å². The van der Waals surface area contributed by atoms with Gasteiger partial charge < -0.3 is 9.80 Å². The number of benzene rings is 1. The predicted octanol–water partition coefficient (Wildman–Crippen LogP) is 1.99. The number of piperazine rings is 1. The number of hydrogen-bond donors (Lipinski definition) is 0. The van der Waals surface area contributed by atoms with E-state index >= 15 is 0 Å². The third-order valence-corrected chi connectivity index (χ3v) is 4.24. The van der Waals surface area contributed by atoms with Crippen LogP contribution in [0.5, 0.6) is 0 Å². The monoisotopic (exact) mass is 319 g/mol. The second-order valence-electron chi connectivity index (χ2n) is 5.74. The van der Waals surface area contributed by atoms with E-state index < -0.39 is 0 Å². The Labute approximate surface area is 139 Å². The fourth-order valence-corrected chi connectivity index (χ4v) is 2.91. The molecule has 0 spiro atoms. The zero-order valence-corrected chi connectivity index (χ0v) is 13.2. The number of hydrogen-bond acceptors (Lipinski definition) is 5. The quantitative estimate of drug-likeness (QED) is 0.723. The maximum Gasteiger partial charge on any atom is 0.255 e. The highest BCUT2D eigenvalue weighted by molar-refractivity contribution is 5.94. The average molecular weight is 319 g/mol. The number of anilines is 1. The minimum absolute atomic E-state index is 0.0346. The molecule has 3 aromatic rings. The lowest BCUT2D eigenvalue weighted by Crippen LogP contribution is -2.49. The van der Waals surface area contributed by atoms with Crippen LogP contribution in [0.4, 0.5) is 5.82 Å². The summed E-state index contributed by atoms with van der Waals surface area (Å²) in [7, 11) is 0. The first-order chi connectivity index (χ1) is 11.8. The minimum Gasteiger partial charge on any atom is -0.352 e. The second-order valence-corrected chi connectivity index (χ2v) is 5.74. The molecule has 6 heteroatoms. The molecule has 0 unspecified atom stereocenters. The average Bonchev–Trinajstić information content (AvgIpc) is 2.68. The van der Waals surface area contributed by atoms with Gasteiger partial charge in [-0.2, -0.15) is 0 Å². The van der Waals surface area contributed by atoms with Gasteiger partial charge in [0.15, 0.2) is 0 Å². The van der Waals surface area contributed by atoms with Crippen LogP contribution in [0.25, 0.3) is 11.0 Å². The van der Waals surface area contributed by atoms with Crippen LogP contribution in [0.1, 0.15) is 10.4 Å². The molecule has 1 amide bonds. The topological polar surface area (TPSA) is 62.2 Å². The summed E-state index contributed by atoms with van der Waals surface area (Å²) < 4.78 is 0. The lowest BCUT2D eigenvalue weighted by Gasteiger charge is -2.35. The van der Waals surface area contributed by atoms with Crippen LogP contribution in [-0.4, -0.2) is 51.9 Å². The first kappa shape index (κ1) is 14.6. The Kier molecular flexibility index (Phi) is 3.78. The summed E-state index contributed by atoms with van der Waals surface area (Å²) >= 11 is 0. The van der Waals surface area contributed by atoms with Crippen molar-refractivity contribution in [3.8, 4) is 0 Å². The van der Waals surface area contributed by atoms with Crippen molar-refractivity contribution in [2.75, 3.05) is 31.1 Å². The van der Waals surface area contributed by atoms with Crippen LogP contribution in [0, 0.1) is 0 Å². The number of carbonyl (C=O) groups excluding carboxylic acids is 1. The number of aromatic nitrogens is 3. The summed E-state index contributed by atoms with van der Waals surface area (Å²) in [5.41, 5.74) is 2.42. The molecule has 3 heterocycles. The molecule has 2 aromatic heterocycles. The second kappa shape index (κ2) is 6.23. The summed E-state index contributed by atoms with van der Waals surface area (Å²) in [6, 6.07) is 11.4. The highest BCUT2D eigenvalue weighted by Gasteiger charge is 2.23. The summed E-state index contributed by atoms with van der Waals surface area (Å²) in [6.07, 6.45) is 5.09. The van der Waals surface area contributed by atoms with Gasteiger partial charge in [0.05, 0.1) is 22.8 Å². The first-order valence-electron chi connectivity index (χ1n) is 7.97. The molecule has 24 heavy (non-hydrogen) atoms. The predicted molar refractivity (Wildman–Crippen MR) is 91.9 cm³/mol. The Bertz CT molecular complexity index is 859. The summed E-state index contributed by atoms with van der Waals surface area (Å²) in [4.78, 5) is 29.7. The molecule has 0 atom stereocenters. The van der Waals surface area contributed by atoms with E-state index in [1.54, 1.807) is 30.7 Å². The van der Waals surface area contributed by atoms with Crippen LogP contribution in [0.3, 0.4) is 0 Å². The van der Waals surface area contributed by atoms with Gasteiger partial charge in [-0.25, -0.2) is 4.98 Å². The molecule has 1 saturated heterocycles. The molecule has 1 aliphatic heterocycles. The maximum absolute atomic E-state index is 12.5. The highest BCUT2D eigenvalue weighted by Crippen LogP contribution is 2.17. The van der Waals surface area contributed by atoms with Crippen molar-refractivity contribution in [3.05, 3.63) is 60.6 Å². The van der Waals surface area contributed by atoms with E-state index in [4.69, 9.17) is 0 Å². The Balaban J connectivity index is 1.46. The van der Waals surface area contributed by atoms with Crippen molar-refractivity contribution in [1.82, 2.24) is 19.9 Å². The third kappa shape index (κ3) is 2.78. The Morgan fingerprint density at radius 3 is 2.46 bits per heavy atom. The maximum atomic E-state index is 12.5. The molecule has 4 rings (SSSR count). The van der Waals surface area contributed by atoms with E-state index in [9.17, 15) is 4.79 Å². The Morgan fingerprint density at radius 2 is 1.71 bits per heavy atom. The third-order valence-electron chi connectivity index (χ3n) is 4.24. The van der Waals surface area contributed by atoms with E-state index in [1.807, 2.05) is 29.2 Å². The van der Waals surface area contributed by atoms with Crippen LogP contribution < -0.4 is 4.90 Å². The summed E-state index contributed by atoms with van der Waals surface area (Å²) in [6.45, 7) is 2.84. The van der Waals surface area contributed by atoms with E-state index in [-0.39, 0.29) is 5.91 Å². The summed E-state index contributed by atoms with van der Waals surface area (Å²) in [5, 5.41) is 0. The van der Waals surface area contributed by atoms with Gasteiger partial charge in [-0.05, 0) is 24.3 Å². The molecule has 1 aliphatic rings. The number of para-hydroxylation sites is 2. The SMILES string of the molecule is O=C(c1cccnc1)N1CCN(c2cnc3ccccc3n2)CC1. The van der Waals surface area contributed by atoms with Gasteiger partial charge in [0.2, 0.25) is 0 Å². The van der Waals surface area contributed by atoms with E-state index in [0.717, 1.165) is 29.9 Å². The molecule has 0 aliphatic carbocycles. The van der Waals surface area contributed by atoms with Crippen LogP contribution in [0.15, 0.2) is 55.0 Å². The molecule has 0 bridgehead atoms. The molecule has 120 valence electrons. The molecule has 0 radical (unpaired) electrons. The first-order valence-corrected chi connectivity index (χ1v) is 7.97. The van der Waals surface area contributed by atoms with Crippen molar-refractivity contribution in [2.24, 2.45) is 0 Å². The fourth-order valence-electron chi connectivity index (χ4n) is 2.91. The van der Waals surface area contributed by atoms with Gasteiger partial charge in [0.1, 0.15) is 5.82 Å². The molecule has 1 aromatic carbocycles.